The van der Waals surface area contributed by atoms with Crippen molar-refractivity contribution in [2.24, 2.45) is 0 Å². The van der Waals surface area contributed by atoms with Crippen LogP contribution in [0.1, 0.15) is 9.88 Å². The fraction of sp³-hybridized carbons (Fsp3) is 0.222. The van der Waals surface area contributed by atoms with Gasteiger partial charge in [0.1, 0.15) is 17.2 Å². The zero-order valence-electron chi connectivity index (χ0n) is 8.07. The molecule has 0 atom stereocenters. The Bertz CT molecular complexity index is 457. The fourth-order valence-electron chi connectivity index (χ4n) is 1.08. The third kappa shape index (κ3) is 2.69. The summed E-state index contributed by atoms with van der Waals surface area (Å²) in [5.74, 6) is -0.0711. The molecular formula is C9H9FN4S. The van der Waals surface area contributed by atoms with Gasteiger partial charge in [0.05, 0.1) is 6.54 Å². The van der Waals surface area contributed by atoms with Crippen LogP contribution >= 0.6 is 11.3 Å². The molecular weight excluding hydrogens is 215 g/mol. The fourth-order valence-corrected chi connectivity index (χ4v) is 1.81. The topological polar surface area (TPSA) is 50.7 Å². The molecule has 2 aromatic rings. The van der Waals surface area contributed by atoms with E-state index in [-0.39, 0.29) is 0 Å². The van der Waals surface area contributed by atoms with Gasteiger partial charge >= 0.3 is 0 Å². The minimum atomic E-state index is -0.539. The summed E-state index contributed by atoms with van der Waals surface area (Å²) in [7, 11) is 0. The standard InChI is InChI=1S/C9H9FN4S/c1-6-3-12-9(15-6)4-11-8-2-7(10)13-5-14-8/h2-3,5H,4H2,1H3,(H,11,13,14). The largest absolute Gasteiger partial charge is 0.363 e. The molecule has 0 unspecified atom stereocenters. The van der Waals surface area contributed by atoms with E-state index >= 15 is 0 Å². The normalized spacial score (nSPS) is 10.3. The number of halogens is 1. The third-order valence-electron chi connectivity index (χ3n) is 1.72. The Morgan fingerprint density at radius 2 is 2.27 bits per heavy atom. The number of anilines is 1. The van der Waals surface area contributed by atoms with Crippen LogP contribution in [0.15, 0.2) is 18.6 Å². The lowest BCUT2D eigenvalue weighted by Gasteiger charge is -2.01. The van der Waals surface area contributed by atoms with E-state index in [2.05, 4.69) is 20.3 Å². The van der Waals surface area contributed by atoms with Crippen LogP contribution < -0.4 is 5.32 Å². The highest BCUT2D eigenvalue weighted by Crippen LogP contribution is 2.12. The van der Waals surface area contributed by atoms with Crippen LogP contribution in [0.2, 0.25) is 0 Å². The van der Waals surface area contributed by atoms with E-state index in [1.54, 1.807) is 11.3 Å². The molecule has 0 saturated carbocycles. The summed E-state index contributed by atoms with van der Waals surface area (Å²) < 4.78 is 12.7. The number of aryl methyl sites for hydroxylation is 1. The van der Waals surface area contributed by atoms with E-state index < -0.39 is 5.95 Å². The molecule has 4 nitrogen and oxygen atoms in total. The van der Waals surface area contributed by atoms with Crippen molar-refractivity contribution in [3.63, 3.8) is 0 Å². The first-order valence-electron chi connectivity index (χ1n) is 4.37. The summed E-state index contributed by atoms with van der Waals surface area (Å²) >= 11 is 1.60. The summed E-state index contributed by atoms with van der Waals surface area (Å²) in [5, 5.41) is 3.92. The molecule has 0 aliphatic carbocycles. The van der Waals surface area contributed by atoms with Gasteiger partial charge in [-0.2, -0.15) is 4.39 Å². The maximum absolute atomic E-state index is 12.7. The van der Waals surface area contributed by atoms with Crippen molar-refractivity contribution in [1.29, 1.82) is 0 Å². The van der Waals surface area contributed by atoms with Gasteiger partial charge in [-0.15, -0.1) is 11.3 Å². The summed E-state index contributed by atoms with van der Waals surface area (Å²) in [4.78, 5) is 12.6. The Hall–Kier alpha value is -1.56. The first-order valence-corrected chi connectivity index (χ1v) is 5.18. The maximum atomic E-state index is 12.7. The number of nitrogens with zero attached hydrogens (tertiary/aromatic N) is 3. The van der Waals surface area contributed by atoms with Crippen LogP contribution in [0.25, 0.3) is 0 Å². The quantitative estimate of drug-likeness (QED) is 0.810. The van der Waals surface area contributed by atoms with Crippen LogP contribution in [0.5, 0.6) is 0 Å². The number of thiazole rings is 1. The summed E-state index contributed by atoms with van der Waals surface area (Å²) in [6.07, 6.45) is 2.99. The monoisotopic (exact) mass is 224 g/mol. The highest BCUT2D eigenvalue weighted by molar-refractivity contribution is 7.11. The van der Waals surface area contributed by atoms with E-state index in [1.807, 2.05) is 13.1 Å². The summed E-state index contributed by atoms with van der Waals surface area (Å²) in [5.41, 5.74) is 0. The van der Waals surface area contributed by atoms with Crippen molar-refractivity contribution in [1.82, 2.24) is 15.0 Å². The second-order valence-electron chi connectivity index (χ2n) is 2.94. The van der Waals surface area contributed by atoms with Crippen molar-refractivity contribution in [3.05, 3.63) is 34.4 Å². The van der Waals surface area contributed by atoms with E-state index in [9.17, 15) is 4.39 Å². The van der Waals surface area contributed by atoms with E-state index in [0.29, 0.717) is 12.4 Å². The summed E-state index contributed by atoms with van der Waals surface area (Å²) in [6.45, 7) is 2.54. The van der Waals surface area contributed by atoms with Crippen LogP contribution in [0.3, 0.4) is 0 Å². The molecule has 2 aromatic heterocycles. The summed E-state index contributed by atoms with van der Waals surface area (Å²) in [6, 6.07) is 1.25. The zero-order valence-corrected chi connectivity index (χ0v) is 8.88. The van der Waals surface area contributed by atoms with E-state index in [1.165, 1.54) is 12.4 Å². The van der Waals surface area contributed by atoms with Crippen molar-refractivity contribution in [2.45, 2.75) is 13.5 Å². The average Bonchev–Trinajstić information content (AvgIpc) is 2.62. The zero-order chi connectivity index (χ0) is 10.7. The Kier molecular flexibility index (Phi) is 2.86. The van der Waals surface area contributed by atoms with Gasteiger partial charge in [0.25, 0.3) is 0 Å². The minimum absolute atomic E-state index is 0.468. The lowest BCUT2D eigenvalue weighted by Crippen LogP contribution is -2.01. The van der Waals surface area contributed by atoms with Gasteiger partial charge in [-0.3, -0.25) is 0 Å². The Labute approximate surface area is 90.2 Å². The molecule has 2 heterocycles. The minimum Gasteiger partial charge on any atom is -0.363 e. The van der Waals surface area contributed by atoms with E-state index in [0.717, 1.165) is 9.88 Å². The second-order valence-corrected chi connectivity index (χ2v) is 4.26. The average molecular weight is 224 g/mol. The Morgan fingerprint density at radius 1 is 1.40 bits per heavy atom. The highest BCUT2D eigenvalue weighted by Gasteiger charge is 2.00. The Balaban J connectivity index is 1.99. The van der Waals surface area contributed by atoms with Gasteiger partial charge in [0, 0.05) is 17.1 Å². The van der Waals surface area contributed by atoms with E-state index in [4.69, 9.17) is 0 Å². The Morgan fingerprint density at radius 3 is 2.93 bits per heavy atom. The molecule has 0 spiro atoms. The molecule has 0 aliphatic heterocycles. The highest BCUT2D eigenvalue weighted by atomic mass is 32.1. The molecule has 0 fully saturated rings. The molecule has 1 N–H and O–H groups in total. The first kappa shape index (κ1) is 9.97. The van der Waals surface area contributed by atoms with Gasteiger partial charge in [0.15, 0.2) is 0 Å². The predicted octanol–water partition coefficient (Wildman–Crippen LogP) is 1.99. The van der Waals surface area contributed by atoms with Gasteiger partial charge in [-0.05, 0) is 6.92 Å². The number of aromatic nitrogens is 3. The molecule has 2 rings (SSSR count). The van der Waals surface area contributed by atoms with Crippen LogP contribution in [-0.4, -0.2) is 15.0 Å². The van der Waals surface area contributed by atoms with Gasteiger partial charge < -0.3 is 5.32 Å². The molecule has 0 bridgehead atoms. The number of hydrogen-bond acceptors (Lipinski definition) is 5. The number of nitrogens with one attached hydrogen (secondary N) is 1. The molecule has 0 aromatic carbocycles. The van der Waals surface area contributed by atoms with Crippen LogP contribution in [-0.2, 0) is 6.54 Å². The van der Waals surface area contributed by atoms with Gasteiger partial charge in [-0.1, -0.05) is 0 Å². The lowest BCUT2D eigenvalue weighted by atomic mass is 10.5. The van der Waals surface area contributed by atoms with Gasteiger partial charge in [0.2, 0.25) is 5.95 Å². The molecule has 6 heteroatoms. The molecule has 78 valence electrons. The van der Waals surface area contributed by atoms with Crippen molar-refractivity contribution < 1.29 is 4.39 Å². The van der Waals surface area contributed by atoms with Gasteiger partial charge in [-0.25, -0.2) is 15.0 Å². The second kappa shape index (κ2) is 4.31. The molecule has 15 heavy (non-hydrogen) atoms. The third-order valence-corrected chi connectivity index (χ3v) is 2.64. The molecule has 0 aliphatic rings. The predicted molar refractivity (Wildman–Crippen MR) is 56.2 cm³/mol. The van der Waals surface area contributed by atoms with Crippen molar-refractivity contribution >= 4 is 17.2 Å². The van der Waals surface area contributed by atoms with Crippen molar-refractivity contribution in [2.75, 3.05) is 5.32 Å². The number of rotatable bonds is 3. The first-order chi connectivity index (χ1) is 7.24. The van der Waals surface area contributed by atoms with Crippen LogP contribution in [0, 0.1) is 12.9 Å². The molecule has 0 saturated heterocycles. The maximum Gasteiger partial charge on any atom is 0.217 e. The number of hydrogen-bond donors (Lipinski definition) is 1. The van der Waals surface area contributed by atoms with Crippen LogP contribution in [0.4, 0.5) is 10.2 Å². The molecule has 0 radical (unpaired) electrons. The smallest absolute Gasteiger partial charge is 0.217 e. The van der Waals surface area contributed by atoms with Crippen molar-refractivity contribution in [3.8, 4) is 0 Å². The molecule has 0 amide bonds. The lowest BCUT2D eigenvalue weighted by molar-refractivity contribution is 0.580. The SMILES string of the molecule is Cc1cnc(CNc2cc(F)ncn2)s1.